The van der Waals surface area contributed by atoms with Gasteiger partial charge >= 0.3 is 0 Å². The highest BCUT2D eigenvalue weighted by Gasteiger charge is 2.42. The molecule has 0 spiro atoms. The van der Waals surface area contributed by atoms with E-state index in [0.29, 0.717) is 6.54 Å². The summed E-state index contributed by atoms with van der Waals surface area (Å²) in [7, 11) is 1.67. The van der Waals surface area contributed by atoms with E-state index in [0.717, 1.165) is 33.1 Å². The number of aromatic nitrogens is 6. The molecule has 7 nitrogen and oxygen atoms in total. The van der Waals surface area contributed by atoms with Crippen molar-refractivity contribution in [1.29, 1.82) is 0 Å². The van der Waals surface area contributed by atoms with Crippen LogP contribution < -0.4 is 4.74 Å². The largest absolute Gasteiger partial charge is 0.496 e. The van der Waals surface area contributed by atoms with Gasteiger partial charge in [0.05, 0.1) is 30.1 Å². The van der Waals surface area contributed by atoms with Gasteiger partial charge in [0.1, 0.15) is 23.7 Å². The van der Waals surface area contributed by atoms with E-state index in [9.17, 15) is 0 Å². The molecule has 5 rings (SSSR count). The molecule has 8 heteroatoms. The second-order valence-corrected chi connectivity index (χ2v) is 8.26. The quantitative estimate of drug-likeness (QED) is 0.454. The van der Waals surface area contributed by atoms with Gasteiger partial charge in [-0.3, -0.25) is 4.98 Å². The molecule has 3 atom stereocenters. The van der Waals surface area contributed by atoms with Crippen LogP contribution >= 0.6 is 15.9 Å². The zero-order chi connectivity index (χ0) is 20.7. The molecule has 0 amide bonds. The molecule has 152 valence electrons. The van der Waals surface area contributed by atoms with Crippen LogP contribution in [0.25, 0.3) is 0 Å². The number of nitrogens with zero attached hydrogens (tertiary/aromatic N) is 6. The first-order chi connectivity index (χ1) is 14.7. The van der Waals surface area contributed by atoms with Gasteiger partial charge in [-0.1, -0.05) is 12.1 Å². The Kier molecular flexibility index (Phi) is 4.86. The molecule has 3 unspecified atom stereocenters. The minimum Gasteiger partial charge on any atom is -0.496 e. The van der Waals surface area contributed by atoms with Crippen LogP contribution in [0.4, 0.5) is 0 Å². The summed E-state index contributed by atoms with van der Waals surface area (Å²) in [6, 6.07) is 12.4. The fraction of sp³-hybridized carbons (Fsp3) is 0.273. The van der Waals surface area contributed by atoms with Gasteiger partial charge in [-0.15, -0.1) is 0 Å². The van der Waals surface area contributed by atoms with E-state index in [1.807, 2.05) is 48.4 Å². The van der Waals surface area contributed by atoms with Crippen LogP contribution in [0.3, 0.4) is 0 Å². The molecule has 4 aromatic rings. The molecule has 0 radical (unpaired) electrons. The van der Waals surface area contributed by atoms with E-state index >= 15 is 0 Å². The molecule has 30 heavy (non-hydrogen) atoms. The van der Waals surface area contributed by atoms with Gasteiger partial charge in [0.25, 0.3) is 0 Å². The molecular weight excluding hydrogens is 444 g/mol. The molecule has 0 bridgehead atoms. The van der Waals surface area contributed by atoms with E-state index in [-0.39, 0.29) is 17.9 Å². The molecule has 1 aliphatic heterocycles. The van der Waals surface area contributed by atoms with Gasteiger partial charge < -0.3 is 9.30 Å². The van der Waals surface area contributed by atoms with Crippen LogP contribution in [0.15, 0.2) is 65.8 Å². The number of fused-ring (bicyclic) bond motifs is 1. The van der Waals surface area contributed by atoms with Crippen molar-refractivity contribution in [1.82, 2.24) is 29.3 Å². The molecule has 0 fully saturated rings. The molecule has 4 heterocycles. The second kappa shape index (κ2) is 7.68. The van der Waals surface area contributed by atoms with Crippen molar-refractivity contribution < 1.29 is 4.74 Å². The zero-order valence-corrected chi connectivity index (χ0v) is 18.3. The number of halogens is 1. The fourth-order valence-corrected chi connectivity index (χ4v) is 5.06. The lowest BCUT2D eigenvalue weighted by molar-refractivity contribution is 0.268. The lowest BCUT2D eigenvalue weighted by Gasteiger charge is -2.39. The van der Waals surface area contributed by atoms with Crippen molar-refractivity contribution in [3.05, 3.63) is 88.7 Å². The number of rotatable bonds is 4. The normalized spacial score (nSPS) is 20.7. The van der Waals surface area contributed by atoms with Crippen molar-refractivity contribution in [3.8, 4) is 5.75 Å². The molecule has 1 aromatic carbocycles. The summed E-state index contributed by atoms with van der Waals surface area (Å²) in [4.78, 5) is 13.9. The molecule has 3 aromatic heterocycles. The van der Waals surface area contributed by atoms with Gasteiger partial charge in [-0.2, -0.15) is 5.10 Å². The third-order valence-corrected chi connectivity index (χ3v) is 6.46. The maximum Gasteiger partial charge on any atom is 0.138 e. The topological polar surface area (TPSA) is 70.7 Å². The lowest BCUT2D eigenvalue weighted by atomic mass is 9.76. The van der Waals surface area contributed by atoms with E-state index in [2.05, 4.69) is 53.8 Å². The maximum absolute atomic E-state index is 5.44. The van der Waals surface area contributed by atoms with Crippen molar-refractivity contribution in [3.63, 3.8) is 0 Å². The first-order valence-corrected chi connectivity index (χ1v) is 10.6. The van der Waals surface area contributed by atoms with Crippen molar-refractivity contribution in [2.24, 2.45) is 0 Å². The van der Waals surface area contributed by atoms with Gasteiger partial charge in [0.2, 0.25) is 0 Å². The Balaban J connectivity index is 1.73. The number of hydrogen-bond acceptors (Lipinski definition) is 5. The number of ether oxygens (including phenoxy) is 1. The summed E-state index contributed by atoms with van der Waals surface area (Å²) in [5.41, 5.74) is 2.16. The Labute approximate surface area is 182 Å². The molecule has 0 aliphatic carbocycles. The van der Waals surface area contributed by atoms with Crippen LogP contribution in [0, 0.1) is 6.92 Å². The third kappa shape index (κ3) is 3.11. The highest BCUT2D eigenvalue weighted by atomic mass is 79.9. The monoisotopic (exact) mass is 464 g/mol. The minimum absolute atomic E-state index is 0.0230. The molecule has 0 saturated heterocycles. The summed E-state index contributed by atoms with van der Waals surface area (Å²) in [5, 5.41) is 4.52. The number of benzene rings is 1. The number of hydrogen-bond donors (Lipinski definition) is 0. The number of methoxy groups -OCH3 is 1. The van der Waals surface area contributed by atoms with Crippen LogP contribution in [0.5, 0.6) is 5.75 Å². The Morgan fingerprint density at radius 2 is 2.00 bits per heavy atom. The number of aryl methyl sites for hydroxylation is 1. The smallest absolute Gasteiger partial charge is 0.138 e. The van der Waals surface area contributed by atoms with Crippen molar-refractivity contribution in [2.75, 3.05) is 7.11 Å². The van der Waals surface area contributed by atoms with Gasteiger partial charge in [0, 0.05) is 30.2 Å². The maximum atomic E-state index is 5.44. The van der Waals surface area contributed by atoms with Crippen molar-refractivity contribution in [2.45, 2.75) is 31.3 Å². The predicted molar refractivity (Wildman–Crippen MR) is 116 cm³/mol. The first-order valence-electron chi connectivity index (χ1n) is 9.79. The van der Waals surface area contributed by atoms with Crippen LogP contribution in [-0.4, -0.2) is 36.4 Å². The zero-order valence-electron chi connectivity index (χ0n) is 16.7. The second-order valence-electron chi connectivity index (χ2n) is 7.40. The molecular formula is C22H21BrN6O. The summed E-state index contributed by atoms with van der Waals surface area (Å²) in [5.74, 6) is 2.75. The fourth-order valence-electron chi connectivity index (χ4n) is 4.50. The molecule has 0 N–H and O–H groups in total. The molecule has 1 aliphatic rings. The highest BCUT2D eigenvalue weighted by Crippen LogP contribution is 2.48. The Morgan fingerprint density at radius 3 is 2.70 bits per heavy atom. The Morgan fingerprint density at radius 1 is 1.10 bits per heavy atom. The predicted octanol–water partition coefficient (Wildman–Crippen LogP) is 4.12. The van der Waals surface area contributed by atoms with Gasteiger partial charge in [0.15, 0.2) is 0 Å². The first kappa shape index (κ1) is 19.0. The standard InChI is InChI=1S/C22H21BrN6O/c1-14-24-9-10-28(14)18-12-29-22(26-13-27-29)20(21(18)17-5-3-4-8-25-17)15-6-7-19(30-2)16(23)11-15/h3-11,13,18,20-21H,12H2,1-2H3. The number of pyridine rings is 1. The van der Waals surface area contributed by atoms with Crippen molar-refractivity contribution >= 4 is 15.9 Å². The average Bonchev–Trinajstić information content (AvgIpc) is 3.41. The SMILES string of the molecule is COc1ccc(C2c3ncnn3CC(n3ccnc3C)C2c2ccccn2)cc1Br. The summed E-state index contributed by atoms with van der Waals surface area (Å²) in [6.45, 7) is 2.74. The lowest BCUT2D eigenvalue weighted by Crippen LogP contribution is -2.35. The summed E-state index contributed by atoms with van der Waals surface area (Å²) >= 11 is 3.65. The van der Waals surface area contributed by atoms with Crippen LogP contribution in [0.1, 0.15) is 40.8 Å². The minimum atomic E-state index is -0.0230. The Bertz CT molecular complexity index is 1170. The average molecular weight is 465 g/mol. The highest BCUT2D eigenvalue weighted by molar-refractivity contribution is 9.10. The van der Waals surface area contributed by atoms with Crippen LogP contribution in [-0.2, 0) is 6.54 Å². The number of imidazole rings is 1. The summed E-state index contributed by atoms with van der Waals surface area (Å²) < 4.78 is 10.6. The van der Waals surface area contributed by atoms with Crippen LogP contribution in [0.2, 0.25) is 0 Å². The van der Waals surface area contributed by atoms with Gasteiger partial charge in [-0.25, -0.2) is 14.6 Å². The van der Waals surface area contributed by atoms with E-state index < -0.39 is 0 Å². The van der Waals surface area contributed by atoms with E-state index in [1.54, 1.807) is 13.4 Å². The summed E-state index contributed by atoms with van der Waals surface area (Å²) in [6.07, 6.45) is 7.38. The molecule has 0 saturated carbocycles. The third-order valence-electron chi connectivity index (χ3n) is 5.84. The van der Waals surface area contributed by atoms with Gasteiger partial charge in [-0.05, 0) is 52.7 Å². The Hall–Kier alpha value is -3.00. The van der Waals surface area contributed by atoms with E-state index in [1.165, 1.54) is 0 Å². The van der Waals surface area contributed by atoms with E-state index in [4.69, 9.17) is 9.72 Å².